The predicted octanol–water partition coefficient (Wildman–Crippen LogP) is -1.88. The number of nitrogens with zero attached hydrogens (tertiary/aromatic N) is 1. The van der Waals surface area contributed by atoms with E-state index in [1.807, 2.05) is 0 Å². The Morgan fingerprint density at radius 3 is 2.12 bits per heavy atom. The summed E-state index contributed by atoms with van der Waals surface area (Å²) in [6.45, 7) is 1.91. The monoisotopic (exact) mass is 233 g/mol. The first kappa shape index (κ1) is 14.8. The molecule has 4 N–H and O–H groups in total. The SMILES string of the molecule is CNC(=O)NC(=O)C(C)N(CCO)CCO. The maximum atomic E-state index is 11.5. The summed E-state index contributed by atoms with van der Waals surface area (Å²) in [5.41, 5.74) is 0. The molecule has 0 bridgehead atoms. The first-order valence-corrected chi connectivity index (χ1v) is 5.05. The van der Waals surface area contributed by atoms with E-state index in [0.717, 1.165) is 0 Å². The van der Waals surface area contributed by atoms with Gasteiger partial charge in [0.1, 0.15) is 0 Å². The van der Waals surface area contributed by atoms with Crippen molar-refractivity contribution in [1.82, 2.24) is 15.5 Å². The largest absolute Gasteiger partial charge is 0.395 e. The predicted molar refractivity (Wildman–Crippen MR) is 57.8 cm³/mol. The van der Waals surface area contributed by atoms with Gasteiger partial charge in [0.2, 0.25) is 5.91 Å². The van der Waals surface area contributed by atoms with Gasteiger partial charge in [-0.1, -0.05) is 0 Å². The van der Waals surface area contributed by atoms with Crippen LogP contribution in [0.2, 0.25) is 0 Å². The van der Waals surface area contributed by atoms with Crippen LogP contribution in [-0.4, -0.2) is 66.4 Å². The van der Waals surface area contributed by atoms with E-state index in [2.05, 4.69) is 10.6 Å². The third-order valence-electron chi connectivity index (χ3n) is 2.17. The summed E-state index contributed by atoms with van der Waals surface area (Å²) in [5.74, 6) is -0.471. The Bertz CT molecular complexity index is 229. The fourth-order valence-electron chi connectivity index (χ4n) is 1.20. The molecular formula is C9H19N3O4. The van der Waals surface area contributed by atoms with Crippen molar-refractivity contribution in [1.29, 1.82) is 0 Å². The zero-order chi connectivity index (χ0) is 12.6. The Balaban J connectivity index is 4.29. The van der Waals surface area contributed by atoms with E-state index in [9.17, 15) is 9.59 Å². The summed E-state index contributed by atoms with van der Waals surface area (Å²) in [5, 5.41) is 22.0. The van der Waals surface area contributed by atoms with Crippen LogP contribution in [0.25, 0.3) is 0 Å². The zero-order valence-electron chi connectivity index (χ0n) is 9.56. The van der Waals surface area contributed by atoms with Crippen LogP contribution < -0.4 is 10.6 Å². The third kappa shape index (κ3) is 5.06. The molecule has 7 heteroatoms. The van der Waals surface area contributed by atoms with Gasteiger partial charge in [0.15, 0.2) is 0 Å². The van der Waals surface area contributed by atoms with Crippen LogP contribution in [0.5, 0.6) is 0 Å². The van der Waals surface area contributed by atoms with Crippen LogP contribution in [0.15, 0.2) is 0 Å². The highest BCUT2D eigenvalue weighted by molar-refractivity contribution is 5.96. The Hall–Kier alpha value is -1.18. The van der Waals surface area contributed by atoms with Crippen molar-refractivity contribution >= 4 is 11.9 Å². The number of amides is 3. The molecule has 7 nitrogen and oxygen atoms in total. The number of aliphatic hydroxyl groups is 2. The van der Waals surface area contributed by atoms with Crippen LogP contribution in [-0.2, 0) is 4.79 Å². The number of carbonyl (C=O) groups excluding carboxylic acids is 2. The van der Waals surface area contributed by atoms with Gasteiger partial charge in [-0.3, -0.25) is 15.0 Å². The van der Waals surface area contributed by atoms with Gasteiger partial charge in [-0.05, 0) is 6.92 Å². The Labute approximate surface area is 94.4 Å². The topological polar surface area (TPSA) is 102 Å². The minimum atomic E-state index is -0.586. The summed E-state index contributed by atoms with van der Waals surface area (Å²) < 4.78 is 0. The molecule has 0 aromatic rings. The molecule has 0 heterocycles. The number of carbonyl (C=O) groups is 2. The van der Waals surface area contributed by atoms with Crippen LogP contribution in [0.3, 0.4) is 0 Å². The average Bonchev–Trinajstić information content (AvgIpc) is 2.27. The molecule has 0 aliphatic heterocycles. The molecule has 0 saturated carbocycles. The van der Waals surface area contributed by atoms with Crippen LogP contribution >= 0.6 is 0 Å². The van der Waals surface area contributed by atoms with E-state index in [1.54, 1.807) is 11.8 Å². The van der Waals surface area contributed by atoms with Crippen molar-refractivity contribution in [2.75, 3.05) is 33.4 Å². The van der Waals surface area contributed by atoms with E-state index < -0.39 is 18.0 Å². The highest BCUT2D eigenvalue weighted by Gasteiger charge is 2.21. The molecule has 16 heavy (non-hydrogen) atoms. The summed E-state index contributed by atoms with van der Waals surface area (Å²) in [4.78, 5) is 24.0. The second kappa shape index (κ2) is 8.03. The normalized spacial score (nSPS) is 12.3. The average molecular weight is 233 g/mol. The summed E-state index contributed by atoms with van der Waals surface area (Å²) in [7, 11) is 1.41. The molecule has 1 unspecified atom stereocenters. The third-order valence-corrected chi connectivity index (χ3v) is 2.17. The Morgan fingerprint density at radius 1 is 1.25 bits per heavy atom. The lowest BCUT2D eigenvalue weighted by atomic mass is 10.2. The van der Waals surface area contributed by atoms with Gasteiger partial charge in [-0.25, -0.2) is 4.79 Å². The molecular weight excluding hydrogens is 214 g/mol. The van der Waals surface area contributed by atoms with Crippen LogP contribution in [0.4, 0.5) is 4.79 Å². The van der Waals surface area contributed by atoms with Crippen molar-refractivity contribution < 1.29 is 19.8 Å². The van der Waals surface area contributed by atoms with E-state index in [1.165, 1.54) is 7.05 Å². The van der Waals surface area contributed by atoms with Crippen molar-refractivity contribution in [3.8, 4) is 0 Å². The molecule has 3 amide bonds. The summed E-state index contributed by atoms with van der Waals surface area (Å²) in [6.07, 6.45) is 0. The standard InChI is InChI=1S/C9H19N3O4/c1-7(8(15)11-9(16)10-2)12(3-5-13)4-6-14/h7,13-14H,3-6H2,1-2H3,(H2,10,11,15,16). The van der Waals surface area contributed by atoms with Crippen molar-refractivity contribution in [2.24, 2.45) is 0 Å². The van der Waals surface area contributed by atoms with Gasteiger partial charge in [-0.15, -0.1) is 0 Å². The molecule has 0 radical (unpaired) electrons. The fraction of sp³-hybridized carbons (Fsp3) is 0.778. The lowest BCUT2D eigenvalue weighted by Gasteiger charge is -2.26. The highest BCUT2D eigenvalue weighted by atomic mass is 16.3. The molecule has 0 spiro atoms. The van der Waals surface area contributed by atoms with Crippen LogP contribution in [0.1, 0.15) is 6.92 Å². The number of imide groups is 1. The molecule has 0 aromatic carbocycles. The van der Waals surface area contributed by atoms with Gasteiger partial charge >= 0.3 is 6.03 Å². The maximum Gasteiger partial charge on any atom is 0.321 e. The van der Waals surface area contributed by atoms with E-state index in [0.29, 0.717) is 0 Å². The van der Waals surface area contributed by atoms with Gasteiger partial charge < -0.3 is 15.5 Å². The number of rotatable bonds is 6. The minimum absolute atomic E-state index is 0.113. The molecule has 94 valence electrons. The Morgan fingerprint density at radius 2 is 1.75 bits per heavy atom. The maximum absolute atomic E-state index is 11.5. The number of hydrogen-bond donors (Lipinski definition) is 4. The van der Waals surface area contributed by atoms with E-state index in [-0.39, 0.29) is 26.3 Å². The molecule has 0 aromatic heterocycles. The number of nitrogens with one attached hydrogen (secondary N) is 2. The first-order chi connectivity index (χ1) is 7.56. The van der Waals surface area contributed by atoms with Gasteiger partial charge in [0.05, 0.1) is 19.3 Å². The van der Waals surface area contributed by atoms with Crippen molar-refractivity contribution in [2.45, 2.75) is 13.0 Å². The summed E-state index contributed by atoms with van der Waals surface area (Å²) in [6, 6.07) is -1.17. The van der Waals surface area contributed by atoms with Gasteiger partial charge in [0, 0.05) is 20.1 Å². The molecule has 0 aliphatic carbocycles. The zero-order valence-corrected chi connectivity index (χ0v) is 9.56. The first-order valence-electron chi connectivity index (χ1n) is 5.05. The lowest BCUT2D eigenvalue weighted by molar-refractivity contribution is -0.125. The van der Waals surface area contributed by atoms with E-state index >= 15 is 0 Å². The second-order valence-corrected chi connectivity index (χ2v) is 3.23. The highest BCUT2D eigenvalue weighted by Crippen LogP contribution is 1.98. The molecule has 0 aliphatic rings. The van der Waals surface area contributed by atoms with Crippen molar-refractivity contribution in [3.63, 3.8) is 0 Å². The van der Waals surface area contributed by atoms with Crippen LogP contribution in [0, 0.1) is 0 Å². The minimum Gasteiger partial charge on any atom is -0.395 e. The number of hydrogen-bond acceptors (Lipinski definition) is 5. The fourth-order valence-corrected chi connectivity index (χ4v) is 1.20. The van der Waals surface area contributed by atoms with Gasteiger partial charge in [0.25, 0.3) is 0 Å². The van der Waals surface area contributed by atoms with E-state index in [4.69, 9.17) is 10.2 Å². The quantitative estimate of drug-likeness (QED) is 0.430. The smallest absolute Gasteiger partial charge is 0.321 e. The van der Waals surface area contributed by atoms with Crippen molar-refractivity contribution in [3.05, 3.63) is 0 Å². The molecule has 0 saturated heterocycles. The molecule has 1 atom stereocenters. The molecule has 0 rings (SSSR count). The summed E-state index contributed by atoms with van der Waals surface area (Å²) >= 11 is 0. The molecule has 0 fully saturated rings. The second-order valence-electron chi connectivity index (χ2n) is 3.23. The van der Waals surface area contributed by atoms with Gasteiger partial charge in [-0.2, -0.15) is 0 Å². The Kier molecular flexibility index (Phi) is 7.44. The lowest BCUT2D eigenvalue weighted by Crippen LogP contribution is -2.50. The number of aliphatic hydroxyl groups excluding tert-OH is 2. The number of urea groups is 1.